The summed E-state index contributed by atoms with van der Waals surface area (Å²) in [5.41, 5.74) is 4.23. The van der Waals surface area contributed by atoms with Crippen LogP contribution in [0.4, 0.5) is 5.69 Å². The first-order valence-corrected chi connectivity index (χ1v) is 11.5. The zero-order chi connectivity index (χ0) is 21.7. The monoisotopic (exact) mass is 419 g/mol. The Morgan fingerprint density at radius 2 is 1.68 bits per heavy atom. The number of carbonyl (C=O) groups is 2. The van der Waals surface area contributed by atoms with Gasteiger partial charge < -0.3 is 10.6 Å². The van der Waals surface area contributed by atoms with Crippen molar-refractivity contribution in [2.75, 3.05) is 25.0 Å². The lowest BCUT2D eigenvalue weighted by atomic mass is 9.68. The van der Waals surface area contributed by atoms with Crippen molar-refractivity contribution in [2.45, 2.75) is 57.4 Å². The molecule has 2 amide bonds. The normalized spacial score (nSPS) is 18.1. The number of nitrogens with one attached hydrogen (secondary N) is 2. The van der Waals surface area contributed by atoms with Crippen molar-refractivity contribution in [1.82, 2.24) is 10.2 Å². The molecule has 5 nitrogen and oxygen atoms in total. The molecule has 5 heteroatoms. The molecule has 0 bridgehead atoms. The summed E-state index contributed by atoms with van der Waals surface area (Å²) >= 11 is 0. The van der Waals surface area contributed by atoms with Crippen LogP contribution in [0.15, 0.2) is 48.5 Å². The van der Waals surface area contributed by atoms with Crippen LogP contribution in [0.2, 0.25) is 0 Å². The van der Waals surface area contributed by atoms with Crippen molar-refractivity contribution in [3.8, 4) is 0 Å². The SMILES string of the molecule is CC(=O)Nc1ccc(C2(C(=O)NCCN3CCc4ccccc4C3)CCCCC2)cc1. The molecule has 31 heavy (non-hydrogen) atoms. The first-order chi connectivity index (χ1) is 15.1. The van der Waals surface area contributed by atoms with E-state index in [1.165, 1.54) is 24.5 Å². The summed E-state index contributed by atoms with van der Waals surface area (Å²) in [6.45, 7) is 5.06. The first kappa shape index (κ1) is 21.6. The Kier molecular flexibility index (Phi) is 6.71. The number of rotatable bonds is 6. The van der Waals surface area contributed by atoms with E-state index >= 15 is 0 Å². The summed E-state index contributed by atoms with van der Waals surface area (Å²) in [5, 5.41) is 6.07. The third-order valence-corrected chi connectivity index (χ3v) is 6.82. The molecule has 0 aromatic heterocycles. The van der Waals surface area contributed by atoms with Crippen LogP contribution in [-0.4, -0.2) is 36.3 Å². The number of hydrogen-bond acceptors (Lipinski definition) is 3. The molecule has 1 saturated carbocycles. The minimum atomic E-state index is -0.457. The maximum absolute atomic E-state index is 13.4. The highest BCUT2D eigenvalue weighted by Crippen LogP contribution is 2.40. The molecule has 164 valence electrons. The zero-order valence-electron chi connectivity index (χ0n) is 18.5. The van der Waals surface area contributed by atoms with Crippen LogP contribution in [0.5, 0.6) is 0 Å². The molecular weight excluding hydrogens is 386 g/mol. The maximum atomic E-state index is 13.4. The highest BCUT2D eigenvalue weighted by atomic mass is 16.2. The van der Waals surface area contributed by atoms with Gasteiger partial charge in [-0.3, -0.25) is 14.5 Å². The average molecular weight is 420 g/mol. The van der Waals surface area contributed by atoms with Crippen molar-refractivity contribution in [3.05, 3.63) is 65.2 Å². The van der Waals surface area contributed by atoms with Gasteiger partial charge in [-0.1, -0.05) is 55.7 Å². The molecule has 4 rings (SSSR count). The minimum Gasteiger partial charge on any atom is -0.354 e. The van der Waals surface area contributed by atoms with Gasteiger partial charge in [0.05, 0.1) is 5.41 Å². The Morgan fingerprint density at radius 3 is 2.39 bits per heavy atom. The molecule has 0 radical (unpaired) electrons. The highest BCUT2D eigenvalue weighted by molar-refractivity contribution is 5.90. The van der Waals surface area contributed by atoms with Gasteiger partial charge in [-0.15, -0.1) is 0 Å². The highest BCUT2D eigenvalue weighted by Gasteiger charge is 2.40. The van der Waals surface area contributed by atoms with E-state index in [0.717, 1.165) is 63.0 Å². The predicted octanol–water partition coefficient (Wildman–Crippen LogP) is 4.02. The molecule has 0 spiro atoms. The number of carbonyl (C=O) groups excluding carboxylic acids is 2. The molecule has 2 aromatic rings. The van der Waals surface area contributed by atoms with E-state index in [2.05, 4.69) is 39.8 Å². The molecule has 1 aliphatic heterocycles. The molecule has 2 aromatic carbocycles. The van der Waals surface area contributed by atoms with E-state index in [1.807, 2.05) is 24.3 Å². The lowest BCUT2D eigenvalue weighted by Crippen LogP contribution is -2.48. The van der Waals surface area contributed by atoms with Gasteiger partial charge in [0.2, 0.25) is 11.8 Å². The number of hydrogen-bond donors (Lipinski definition) is 2. The van der Waals surface area contributed by atoms with E-state index in [9.17, 15) is 9.59 Å². The van der Waals surface area contributed by atoms with Crippen LogP contribution in [0.3, 0.4) is 0 Å². The van der Waals surface area contributed by atoms with Crippen molar-refractivity contribution < 1.29 is 9.59 Å². The van der Waals surface area contributed by atoms with Gasteiger partial charge in [0.25, 0.3) is 0 Å². The third-order valence-electron chi connectivity index (χ3n) is 6.82. The fraction of sp³-hybridized carbons (Fsp3) is 0.462. The average Bonchev–Trinajstić information content (AvgIpc) is 2.79. The smallest absolute Gasteiger partial charge is 0.230 e. The summed E-state index contributed by atoms with van der Waals surface area (Å²) in [6, 6.07) is 16.5. The maximum Gasteiger partial charge on any atom is 0.230 e. The van der Waals surface area contributed by atoms with Gasteiger partial charge >= 0.3 is 0 Å². The number of anilines is 1. The summed E-state index contributed by atoms with van der Waals surface area (Å²) in [4.78, 5) is 27.2. The third kappa shape index (κ3) is 4.99. The topological polar surface area (TPSA) is 61.4 Å². The Balaban J connectivity index is 1.39. The summed E-state index contributed by atoms with van der Waals surface area (Å²) in [7, 11) is 0. The molecular formula is C26H33N3O2. The quantitative estimate of drug-likeness (QED) is 0.743. The largest absolute Gasteiger partial charge is 0.354 e. The van der Waals surface area contributed by atoms with E-state index in [-0.39, 0.29) is 11.8 Å². The Labute approximate surface area is 185 Å². The second-order valence-electron chi connectivity index (χ2n) is 8.95. The van der Waals surface area contributed by atoms with E-state index in [1.54, 1.807) is 0 Å². The van der Waals surface area contributed by atoms with Gasteiger partial charge in [-0.2, -0.15) is 0 Å². The fourth-order valence-electron chi connectivity index (χ4n) is 5.12. The predicted molar refractivity (Wildman–Crippen MR) is 124 cm³/mol. The summed E-state index contributed by atoms with van der Waals surface area (Å²) in [6.07, 6.45) is 6.18. The van der Waals surface area contributed by atoms with Crippen molar-refractivity contribution in [2.24, 2.45) is 0 Å². The Morgan fingerprint density at radius 1 is 0.968 bits per heavy atom. The molecule has 1 fully saturated rings. The second-order valence-corrected chi connectivity index (χ2v) is 8.95. The molecule has 0 saturated heterocycles. The molecule has 1 heterocycles. The van der Waals surface area contributed by atoms with E-state index in [0.29, 0.717) is 6.54 Å². The second kappa shape index (κ2) is 9.65. The Hall–Kier alpha value is -2.66. The standard InChI is InChI=1S/C26H33N3O2/c1-20(30)28-24-11-9-23(10-12-24)26(14-5-2-6-15-26)25(31)27-16-18-29-17-13-21-7-3-4-8-22(21)19-29/h3-4,7-12H,2,5-6,13-19H2,1H3,(H,27,31)(H,28,30). The van der Waals surface area contributed by atoms with Crippen LogP contribution in [0.25, 0.3) is 0 Å². The summed E-state index contributed by atoms with van der Waals surface area (Å²) < 4.78 is 0. The van der Waals surface area contributed by atoms with Crippen molar-refractivity contribution in [1.29, 1.82) is 0 Å². The van der Waals surface area contributed by atoms with Crippen molar-refractivity contribution >= 4 is 17.5 Å². The Bertz CT molecular complexity index is 917. The van der Waals surface area contributed by atoms with Gasteiger partial charge in [0.15, 0.2) is 0 Å². The van der Waals surface area contributed by atoms with Crippen LogP contribution in [-0.2, 0) is 28.0 Å². The van der Waals surface area contributed by atoms with Crippen LogP contribution < -0.4 is 10.6 Å². The summed E-state index contributed by atoms with van der Waals surface area (Å²) in [5.74, 6) is 0.0649. The fourth-order valence-corrected chi connectivity index (χ4v) is 5.12. The van der Waals surface area contributed by atoms with Gasteiger partial charge in [-0.25, -0.2) is 0 Å². The van der Waals surface area contributed by atoms with Crippen LogP contribution in [0, 0.1) is 0 Å². The molecule has 0 unspecified atom stereocenters. The lowest BCUT2D eigenvalue weighted by molar-refractivity contribution is -0.128. The molecule has 0 atom stereocenters. The first-order valence-electron chi connectivity index (χ1n) is 11.5. The molecule has 1 aliphatic carbocycles. The van der Waals surface area contributed by atoms with E-state index < -0.39 is 5.41 Å². The van der Waals surface area contributed by atoms with Crippen molar-refractivity contribution in [3.63, 3.8) is 0 Å². The zero-order valence-corrected chi connectivity index (χ0v) is 18.5. The lowest BCUT2D eigenvalue weighted by Gasteiger charge is -2.37. The minimum absolute atomic E-state index is 0.0850. The van der Waals surface area contributed by atoms with E-state index in [4.69, 9.17) is 0 Å². The number of fused-ring (bicyclic) bond motifs is 1. The number of nitrogens with zero attached hydrogens (tertiary/aromatic N) is 1. The van der Waals surface area contributed by atoms with Crippen LogP contribution in [0.1, 0.15) is 55.7 Å². The number of amides is 2. The van der Waals surface area contributed by atoms with Gasteiger partial charge in [-0.05, 0) is 48.1 Å². The molecule has 2 aliphatic rings. The number of benzene rings is 2. The molecule has 2 N–H and O–H groups in total. The van der Waals surface area contributed by atoms with Crippen LogP contribution >= 0.6 is 0 Å². The van der Waals surface area contributed by atoms with Gasteiger partial charge in [0.1, 0.15) is 0 Å². The van der Waals surface area contributed by atoms with Gasteiger partial charge in [0, 0.05) is 38.8 Å².